The predicted octanol–water partition coefficient (Wildman–Crippen LogP) is 3.68. The first-order chi connectivity index (χ1) is 11.3. The molecule has 0 radical (unpaired) electrons. The van der Waals surface area contributed by atoms with Gasteiger partial charge in [-0.25, -0.2) is 0 Å². The SMILES string of the molecule is O=C1c2c(c3ccccc3c3ccccc23)CN2C(=O)CCC12. The lowest BCUT2D eigenvalue weighted by Gasteiger charge is -2.32. The number of amides is 1. The smallest absolute Gasteiger partial charge is 0.223 e. The lowest BCUT2D eigenvalue weighted by molar-refractivity contribution is -0.129. The third-order valence-corrected chi connectivity index (χ3v) is 5.25. The van der Waals surface area contributed by atoms with Crippen LogP contribution in [0.2, 0.25) is 0 Å². The number of benzene rings is 3. The van der Waals surface area contributed by atoms with Crippen LogP contribution in [0.5, 0.6) is 0 Å². The van der Waals surface area contributed by atoms with E-state index in [1.54, 1.807) is 4.90 Å². The van der Waals surface area contributed by atoms with Crippen molar-refractivity contribution in [3.05, 3.63) is 59.7 Å². The van der Waals surface area contributed by atoms with Gasteiger partial charge in [0.05, 0.1) is 6.04 Å². The molecule has 3 aromatic rings. The van der Waals surface area contributed by atoms with Gasteiger partial charge in [-0.1, -0.05) is 48.5 Å². The molecule has 23 heavy (non-hydrogen) atoms. The molecule has 1 amide bonds. The van der Waals surface area contributed by atoms with Gasteiger partial charge in [0.2, 0.25) is 5.91 Å². The lowest BCUT2D eigenvalue weighted by Crippen LogP contribution is -2.42. The molecule has 1 atom stereocenters. The predicted molar refractivity (Wildman–Crippen MR) is 89.4 cm³/mol. The minimum absolute atomic E-state index is 0.103. The third kappa shape index (κ3) is 1.59. The quantitative estimate of drug-likeness (QED) is 0.594. The molecule has 5 rings (SSSR count). The topological polar surface area (TPSA) is 37.4 Å². The summed E-state index contributed by atoms with van der Waals surface area (Å²) in [6, 6.07) is 16.0. The van der Waals surface area contributed by atoms with Gasteiger partial charge in [0.1, 0.15) is 0 Å². The highest BCUT2D eigenvalue weighted by atomic mass is 16.2. The average Bonchev–Trinajstić information content (AvgIpc) is 2.97. The first-order valence-electron chi connectivity index (χ1n) is 8.02. The Hall–Kier alpha value is -2.68. The maximum atomic E-state index is 13.1. The number of carbonyl (C=O) groups is 2. The number of ketones is 1. The number of hydrogen-bond donors (Lipinski definition) is 0. The van der Waals surface area contributed by atoms with Crippen LogP contribution >= 0.6 is 0 Å². The van der Waals surface area contributed by atoms with Crippen LogP contribution in [0.3, 0.4) is 0 Å². The highest BCUT2D eigenvalue weighted by molar-refractivity contribution is 6.22. The molecule has 0 saturated carbocycles. The van der Waals surface area contributed by atoms with Crippen LogP contribution in [0, 0.1) is 0 Å². The fourth-order valence-electron chi connectivity index (χ4n) is 4.20. The summed E-state index contributed by atoms with van der Waals surface area (Å²) >= 11 is 0. The van der Waals surface area contributed by atoms with E-state index >= 15 is 0 Å². The molecular weight excluding hydrogens is 286 g/mol. The summed E-state index contributed by atoms with van der Waals surface area (Å²) < 4.78 is 0. The van der Waals surface area contributed by atoms with Crippen LogP contribution in [0.1, 0.15) is 28.8 Å². The van der Waals surface area contributed by atoms with Crippen LogP contribution in [0.25, 0.3) is 21.5 Å². The average molecular weight is 301 g/mol. The number of Topliss-reactive ketones (excluding diaryl/α,β-unsaturated/α-hetero) is 1. The van der Waals surface area contributed by atoms with E-state index in [2.05, 4.69) is 18.2 Å². The molecule has 1 saturated heterocycles. The Bertz CT molecular complexity index is 1010. The number of fused-ring (bicyclic) bond motifs is 7. The maximum absolute atomic E-state index is 13.1. The van der Waals surface area contributed by atoms with Crippen molar-refractivity contribution in [1.29, 1.82) is 0 Å². The van der Waals surface area contributed by atoms with Crippen molar-refractivity contribution in [2.24, 2.45) is 0 Å². The first kappa shape index (κ1) is 12.8. The molecule has 2 aliphatic rings. The molecule has 3 heteroatoms. The van der Waals surface area contributed by atoms with Crippen LogP contribution in [0.15, 0.2) is 48.5 Å². The molecule has 0 N–H and O–H groups in total. The highest BCUT2D eigenvalue weighted by Gasteiger charge is 2.42. The van der Waals surface area contributed by atoms with Gasteiger partial charge in [-0.05, 0) is 33.5 Å². The second kappa shape index (κ2) is 4.42. The molecule has 0 aromatic heterocycles. The molecule has 0 bridgehead atoms. The molecule has 3 aromatic carbocycles. The normalized spacial score (nSPS) is 20.2. The van der Waals surface area contributed by atoms with Gasteiger partial charge in [-0.3, -0.25) is 9.59 Å². The zero-order valence-corrected chi connectivity index (χ0v) is 12.6. The second-order valence-corrected chi connectivity index (χ2v) is 6.39. The second-order valence-electron chi connectivity index (χ2n) is 6.39. The van der Waals surface area contributed by atoms with E-state index in [9.17, 15) is 9.59 Å². The Morgan fingerprint density at radius 1 is 0.826 bits per heavy atom. The Balaban J connectivity index is 1.94. The van der Waals surface area contributed by atoms with Gasteiger partial charge in [-0.15, -0.1) is 0 Å². The molecule has 112 valence electrons. The van der Waals surface area contributed by atoms with Gasteiger partial charge in [-0.2, -0.15) is 0 Å². The highest BCUT2D eigenvalue weighted by Crippen LogP contribution is 2.39. The van der Waals surface area contributed by atoms with E-state index in [4.69, 9.17) is 0 Å². The van der Waals surface area contributed by atoms with Crippen molar-refractivity contribution in [2.75, 3.05) is 0 Å². The van der Waals surface area contributed by atoms with E-state index in [0.717, 1.165) is 32.7 Å². The molecule has 0 spiro atoms. The molecule has 3 nitrogen and oxygen atoms in total. The third-order valence-electron chi connectivity index (χ3n) is 5.25. The lowest BCUT2D eigenvalue weighted by atomic mass is 9.84. The monoisotopic (exact) mass is 301 g/mol. The Morgan fingerprint density at radius 3 is 2.17 bits per heavy atom. The zero-order chi connectivity index (χ0) is 15.6. The van der Waals surface area contributed by atoms with Gasteiger partial charge < -0.3 is 4.90 Å². The van der Waals surface area contributed by atoms with Crippen molar-refractivity contribution in [3.8, 4) is 0 Å². The van der Waals surface area contributed by atoms with Crippen LogP contribution in [0.4, 0.5) is 0 Å². The van der Waals surface area contributed by atoms with Crippen molar-refractivity contribution in [3.63, 3.8) is 0 Å². The number of nitrogens with zero attached hydrogens (tertiary/aromatic N) is 1. The summed E-state index contributed by atoms with van der Waals surface area (Å²) in [5, 5.41) is 4.38. The molecule has 2 aliphatic heterocycles. The summed E-state index contributed by atoms with van der Waals surface area (Å²) in [4.78, 5) is 27.0. The standard InChI is InChI=1S/C20H15NO2/c22-18-10-9-17-20(23)19-15-8-4-3-6-13(15)12-5-1-2-7-14(12)16(19)11-21(17)18/h1-8,17H,9-11H2. The number of carbonyl (C=O) groups excluding carboxylic acids is 2. The van der Waals surface area contributed by atoms with Crippen LogP contribution in [-0.4, -0.2) is 22.6 Å². The number of rotatable bonds is 0. The van der Waals surface area contributed by atoms with Crippen molar-refractivity contribution in [1.82, 2.24) is 4.90 Å². The largest absolute Gasteiger partial charge is 0.328 e. The molecule has 2 heterocycles. The Morgan fingerprint density at radius 2 is 1.43 bits per heavy atom. The summed E-state index contributed by atoms with van der Waals surface area (Å²) in [6.45, 7) is 0.552. The van der Waals surface area contributed by atoms with Crippen molar-refractivity contribution in [2.45, 2.75) is 25.4 Å². The fraction of sp³-hybridized carbons (Fsp3) is 0.200. The maximum Gasteiger partial charge on any atom is 0.223 e. The molecule has 1 unspecified atom stereocenters. The van der Waals surface area contributed by atoms with E-state index in [-0.39, 0.29) is 17.7 Å². The van der Waals surface area contributed by atoms with Crippen molar-refractivity contribution < 1.29 is 9.59 Å². The molecular formula is C20H15NO2. The fourth-order valence-corrected chi connectivity index (χ4v) is 4.20. The van der Waals surface area contributed by atoms with Gasteiger partial charge in [0.25, 0.3) is 0 Å². The molecule has 0 aliphatic carbocycles. The Labute approximate surface area is 133 Å². The van der Waals surface area contributed by atoms with Gasteiger partial charge in [0.15, 0.2) is 5.78 Å². The van der Waals surface area contributed by atoms with Crippen LogP contribution < -0.4 is 0 Å². The van der Waals surface area contributed by atoms with Gasteiger partial charge in [0, 0.05) is 18.5 Å². The van der Waals surface area contributed by atoms with E-state index in [0.29, 0.717) is 19.4 Å². The van der Waals surface area contributed by atoms with Gasteiger partial charge >= 0.3 is 0 Å². The summed E-state index contributed by atoms with van der Waals surface area (Å²) in [7, 11) is 0. The van der Waals surface area contributed by atoms with E-state index in [1.165, 1.54) is 0 Å². The minimum Gasteiger partial charge on any atom is -0.328 e. The summed E-state index contributed by atoms with van der Waals surface area (Å²) in [6.07, 6.45) is 1.14. The summed E-state index contributed by atoms with van der Waals surface area (Å²) in [5.41, 5.74) is 1.84. The first-order valence-corrected chi connectivity index (χ1v) is 8.02. The van der Waals surface area contributed by atoms with Crippen molar-refractivity contribution >= 4 is 33.2 Å². The van der Waals surface area contributed by atoms with E-state index in [1.807, 2.05) is 30.3 Å². The minimum atomic E-state index is -0.264. The summed E-state index contributed by atoms with van der Waals surface area (Å²) in [5.74, 6) is 0.213. The zero-order valence-electron chi connectivity index (χ0n) is 12.6. The number of hydrogen-bond acceptors (Lipinski definition) is 2. The Kier molecular flexibility index (Phi) is 2.46. The molecule has 1 fully saturated rings. The van der Waals surface area contributed by atoms with Crippen LogP contribution in [-0.2, 0) is 11.3 Å². The van der Waals surface area contributed by atoms with E-state index < -0.39 is 0 Å².